The molecule has 0 unspecified atom stereocenters. The standard InChI is InChI=1S/C29H21ClF4N2O2/c1-2-37-25-11-3-4-12-26(25)38-21-8-5-7-18(15-21)28-22-9-6-10-23(29(32,33)34)27(22)35-36(28)17-19-13-14-20(30)16-24(19)31/h3-16H,2,17H2,1H3. The van der Waals surface area contributed by atoms with E-state index in [0.717, 1.165) is 12.1 Å². The molecule has 0 aliphatic carbocycles. The summed E-state index contributed by atoms with van der Waals surface area (Å²) < 4.78 is 69.3. The molecule has 0 N–H and O–H groups in total. The van der Waals surface area contributed by atoms with E-state index in [1.807, 2.05) is 19.1 Å². The Kier molecular flexibility index (Phi) is 6.99. The van der Waals surface area contributed by atoms with Gasteiger partial charge in [0, 0.05) is 21.5 Å². The first-order chi connectivity index (χ1) is 18.2. The van der Waals surface area contributed by atoms with Crippen molar-refractivity contribution in [3.05, 3.63) is 107 Å². The molecule has 9 heteroatoms. The molecule has 0 radical (unpaired) electrons. The van der Waals surface area contributed by atoms with Crippen molar-refractivity contribution < 1.29 is 27.0 Å². The van der Waals surface area contributed by atoms with Crippen LogP contribution in [-0.4, -0.2) is 16.4 Å². The van der Waals surface area contributed by atoms with Crippen LogP contribution < -0.4 is 9.47 Å². The van der Waals surface area contributed by atoms with Gasteiger partial charge in [-0.3, -0.25) is 4.68 Å². The van der Waals surface area contributed by atoms with Gasteiger partial charge in [-0.05, 0) is 49.4 Å². The quantitative estimate of drug-likeness (QED) is 0.194. The van der Waals surface area contributed by atoms with Crippen LogP contribution in [0, 0.1) is 5.82 Å². The lowest BCUT2D eigenvalue weighted by Gasteiger charge is -2.13. The molecule has 0 saturated heterocycles. The highest BCUT2D eigenvalue weighted by atomic mass is 35.5. The molecule has 1 aromatic heterocycles. The zero-order chi connectivity index (χ0) is 26.9. The maximum Gasteiger partial charge on any atom is 0.418 e. The topological polar surface area (TPSA) is 36.3 Å². The summed E-state index contributed by atoms with van der Waals surface area (Å²) in [6.45, 7) is 2.21. The van der Waals surface area contributed by atoms with E-state index < -0.39 is 17.6 Å². The Morgan fingerprint density at radius 3 is 2.39 bits per heavy atom. The second kappa shape index (κ2) is 10.4. The van der Waals surface area contributed by atoms with Gasteiger partial charge in [-0.1, -0.05) is 54.1 Å². The molecule has 1 heterocycles. The maximum absolute atomic E-state index is 14.7. The van der Waals surface area contributed by atoms with Gasteiger partial charge in [-0.25, -0.2) is 4.39 Å². The van der Waals surface area contributed by atoms with Crippen LogP contribution in [0.5, 0.6) is 17.2 Å². The first-order valence-corrected chi connectivity index (χ1v) is 12.1. The molecular formula is C29H21ClF4N2O2. The van der Waals surface area contributed by atoms with Crippen LogP contribution in [-0.2, 0) is 12.7 Å². The molecule has 0 aliphatic heterocycles. The Hall–Kier alpha value is -4.04. The molecule has 0 saturated carbocycles. The number of halogens is 5. The molecule has 0 aliphatic rings. The molecule has 0 atom stereocenters. The normalized spacial score (nSPS) is 11.6. The van der Waals surface area contributed by atoms with Gasteiger partial charge in [0.25, 0.3) is 0 Å². The van der Waals surface area contributed by atoms with E-state index in [-0.39, 0.29) is 28.0 Å². The largest absolute Gasteiger partial charge is 0.490 e. The fraction of sp³-hybridized carbons (Fsp3) is 0.138. The maximum atomic E-state index is 14.7. The number of aromatic nitrogens is 2. The lowest BCUT2D eigenvalue weighted by atomic mass is 10.0. The molecule has 0 bridgehead atoms. The van der Waals surface area contributed by atoms with Gasteiger partial charge in [-0.15, -0.1) is 0 Å². The third-order valence-electron chi connectivity index (χ3n) is 5.89. The molecule has 0 amide bonds. The summed E-state index contributed by atoms with van der Waals surface area (Å²) in [7, 11) is 0. The number of hydrogen-bond donors (Lipinski definition) is 0. The number of nitrogens with zero attached hydrogens (tertiary/aromatic N) is 2. The first-order valence-electron chi connectivity index (χ1n) is 11.8. The molecule has 4 aromatic carbocycles. The lowest BCUT2D eigenvalue weighted by molar-refractivity contribution is -0.136. The van der Waals surface area contributed by atoms with Crippen LogP contribution in [0.4, 0.5) is 17.6 Å². The minimum Gasteiger partial charge on any atom is -0.490 e. The van der Waals surface area contributed by atoms with E-state index in [1.165, 1.54) is 22.9 Å². The Labute approximate surface area is 221 Å². The van der Waals surface area contributed by atoms with Crippen molar-refractivity contribution in [3.63, 3.8) is 0 Å². The lowest BCUT2D eigenvalue weighted by Crippen LogP contribution is -2.07. The Morgan fingerprint density at radius 1 is 0.895 bits per heavy atom. The highest BCUT2D eigenvalue weighted by molar-refractivity contribution is 6.30. The first kappa shape index (κ1) is 25.6. The summed E-state index contributed by atoms with van der Waals surface area (Å²) in [5, 5.41) is 4.80. The van der Waals surface area contributed by atoms with Gasteiger partial charge in [-0.2, -0.15) is 18.3 Å². The van der Waals surface area contributed by atoms with Crippen molar-refractivity contribution >= 4 is 22.5 Å². The molecule has 4 nitrogen and oxygen atoms in total. The Morgan fingerprint density at radius 2 is 1.66 bits per heavy atom. The van der Waals surface area contributed by atoms with Crippen LogP contribution in [0.2, 0.25) is 5.02 Å². The molecule has 5 rings (SSSR count). The number of ether oxygens (including phenoxy) is 2. The molecular weight excluding hydrogens is 520 g/mol. The van der Waals surface area contributed by atoms with Crippen molar-refractivity contribution in [1.29, 1.82) is 0 Å². The summed E-state index contributed by atoms with van der Waals surface area (Å²) in [6, 6.07) is 22.1. The third kappa shape index (κ3) is 5.17. The van der Waals surface area contributed by atoms with Crippen LogP contribution in [0.25, 0.3) is 22.2 Å². The summed E-state index contributed by atoms with van der Waals surface area (Å²) in [4.78, 5) is 0. The van der Waals surface area contributed by atoms with Crippen molar-refractivity contribution in [2.45, 2.75) is 19.6 Å². The van der Waals surface area contributed by atoms with E-state index in [9.17, 15) is 17.6 Å². The predicted molar refractivity (Wildman–Crippen MR) is 138 cm³/mol. The van der Waals surface area contributed by atoms with Gasteiger partial charge in [0.2, 0.25) is 0 Å². The number of hydrogen-bond acceptors (Lipinski definition) is 3. The fourth-order valence-corrected chi connectivity index (χ4v) is 4.41. The van der Waals surface area contributed by atoms with E-state index in [1.54, 1.807) is 42.5 Å². The van der Waals surface area contributed by atoms with Gasteiger partial charge >= 0.3 is 6.18 Å². The van der Waals surface area contributed by atoms with Gasteiger partial charge < -0.3 is 9.47 Å². The van der Waals surface area contributed by atoms with E-state index in [0.29, 0.717) is 35.1 Å². The fourth-order valence-electron chi connectivity index (χ4n) is 4.25. The molecule has 0 fully saturated rings. The van der Waals surface area contributed by atoms with E-state index in [4.69, 9.17) is 21.1 Å². The number of rotatable bonds is 7. The van der Waals surface area contributed by atoms with Crippen molar-refractivity contribution in [1.82, 2.24) is 9.78 Å². The van der Waals surface area contributed by atoms with Crippen LogP contribution >= 0.6 is 11.6 Å². The average Bonchev–Trinajstić information content (AvgIpc) is 3.24. The monoisotopic (exact) mass is 540 g/mol. The second-order valence-corrected chi connectivity index (χ2v) is 8.89. The minimum absolute atomic E-state index is 0.109. The Balaban J connectivity index is 1.64. The van der Waals surface area contributed by atoms with Gasteiger partial charge in [0.15, 0.2) is 11.5 Å². The number of fused-ring (bicyclic) bond motifs is 1. The van der Waals surface area contributed by atoms with Gasteiger partial charge in [0.05, 0.1) is 24.4 Å². The third-order valence-corrected chi connectivity index (χ3v) is 6.13. The highest BCUT2D eigenvalue weighted by Crippen LogP contribution is 2.40. The zero-order valence-corrected chi connectivity index (χ0v) is 20.9. The van der Waals surface area contributed by atoms with E-state index >= 15 is 0 Å². The van der Waals surface area contributed by atoms with Crippen molar-refractivity contribution in [3.8, 4) is 28.5 Å². The highest BCUT2D eigenvalue weighted by Gasteiger charge is 2.34. The van der Waals surface area contributed by atoms with Crippen molar-refractivity contribution in [2.75, 3.05) is 6.61 Å². The summed E-state index contributed by atoms with van der Waals surface area (Å²) in [5.74, 6) is 0.917. The summed E-state index contributed by atoms with van der Waals surface area (Å²) in [6.07, 6.45) is -4.62. The number of alkyl halides is 3. The van der Waals surface area contributed by atoms with Crippen molar-refractivity contribution in [2.24, 2.45) is 0 Å². The average molecular weight is 541 g/mol. The predicted octanol–water partition coefficient (Wildman–Crippen LogP) is 8.75. The molecule has 194 valence electrons. The number of para-hydroxylation sites is 2. The molecule has 5 aromatic rings. The van der Waals surface area contributed by atoms with Gasteiger partial charge in [0.1, 0.15) is 17.1 Å². The smallest absolute Gasteiger partial charge is 0.418 e. The molecule has 38 heavy (non-hydrogen) atoms. The zero-order valence-electron chi connectivity index (χ0n) is 20.1. The summed E-state index contributed by atoms with van der Waals surface area (Å²) in [5.41, 5.74) is 0.0775. The molecule has 0 spiro atoms. The van der Waals surface area contributed by atoms with Crippen LogP contribution in [0.3, 0.4) is 0 Å². The van der Waals surface area contributed by atoms with E-state index in [2.05, 4.69) is 5.10 Å². The summed E-state index contributed by atoms with van der Waals surface area (Å²) >= 11 is 5.89. The van der Waals surface area contributed by atoms with Crippen LogP contribution in [0.1, 0.15) is 18.1 Å². The Bertz CT molecular complexity index is 1610. The SMILES string of the molecule is CCOc1ccccc1Oc1cccc(-c2c3cccc(C(F)(F)F)c3nn2Cc2ccc(Cl)cc2F)c1. The van der Waals surface area contributed by atoms with Crippen LogP contribution in [0.15, 0.2) is 84.9 Å². The number of benzene rings is 4. The minimum atomic E-state index is -4.62. The second-order valence-electron chi connectivity index (χ2n) is 8.45.